The van der Waals surface area contributed by atoms with Crippen LogP contribution in [0.25, 0.3) is 0 Å². The number of hydrogen-bond acceptors (Lipinski definition) is 4. The van der Waals surface area contributed by atoms with Crippen LogP contribution in [-0.2, 0) is 17.8 Å². The summed E-state index contributed by atoms with van der Waals surface area (Å²) in [5.74, 6) is 0.326. The van der Waals surface area contributed by atoms with Crippen molar-refractivity contribution in [1.29, 1.82) is 0 Å². The second-order valence-electron chi connectivity index (χ2n) is 7.93. The summed E-state index contributed by atoms with van der Waals surface area (Å²) in [7, 11) is 0. The Morgan fingerprint density at radius 1 is 1.27 bits per heavy atom. The van der Waals surface area contributed by atoms with Crippen molar-refractivity contribution in [2.75, 3.05) is 26.2 Å². The third-order valence-electron chi connectivity index (χ3n) is 6.05. The van der Waals surface area contributed by atoms with Crippen LogP contribution in [0.4, 0.5) is 0 Å². The lowest BCUT2D eigenvalue weighted by molar-refractivity contribution is -0.139. The zero-order chi connectivity index (χ0) is 18.0. The van der Waals surface area contributed by atoms with Gasteiger partial charge in [0.2, 0.25) is 5.91 Å². The molecule has 2 fully saturated rings. The summed E-state index contributed by atoms with van der Waals surface area (Å²) in [6.45, 7) is 7.30. The summed E-state index contributed by atoms with van der Waals surface area (Å²) in [6.07, 6.45) is 8.64. The quantitative estimate of drug-likeness (QED) is 0.877. The van der Waals surface area contributed by atoms with Gasteiger partial charge in [0.15, 0.2) is 0 Å². The van der Waals surface area contributed by atoms with E-state index >= 15 is 0 Å². The number of nitrogens with one attached hydrogen (secondary N) is 1. The summed E-state index contributed by atoms with van der Waals surface area (Å²) in [5, 5.41) is 0. The van der Waals surface area contributed by atoms with Gasteiger partial charge in [0.1, 0.15) is 0 Å². The van der Waals surface area contributed by atoms with Gasteiger partial charge in [-0.2, -0.15) is 0 Å². The number of piperidine rings is 2. The zero-order valence-corrected chi connectivity index (χ0v) is 16.4. The topological polar surface area (TPSA) is 52.2 Å². The van der Waals surface area contributed by atoms with Crippen molar-refractivity contribution in [3.63, 3.8) is 0 Å². The number of aromatic amines is 1. The van der Waals surface area contributed by atoms with Gasteiger partial charge in [0.05, 0.1) is 6.33 Å². The molecule has 6 heteroatoms. The van der Waals surface area contributed by atoms with E-state index in [1.54, 1.807) is 6.33 Å². The summed E-state index contributed by atoms with van der Waals surface area (Å²) in [5.41, 5.74) is 1.45. The third-order valence-corrected chi connectivity index (χ3v) is 7.03. The first kappa shape index (κ1) is 17.7. The molecular formula is C20H28N4OS. The Bertz CT molecular complexity index is 731. The van der Waals surface area contributed by atoms with E-state index in [0.717, 1.165) is 51.3 Å². The molecule has 26 heavy (non-hydrogen) atoms. The van der Waals surface area contributed by atoms with Crippen molar-refractivity contribution in [2.45, 2.75) is 45.6 Å². The Labute approximate surface area is 159 Å². The van der Waals surface area contributed by atoms with Crippen LogP contribution in [0.3, 0.4) is 0 Å². The largest absolute Gasteiger partial charge is 0.348 e. The molecule has 4 heterocycles. The molecule has 0 saturated carbocycles. The molecule has 0 aromatic carbocycles. The van der Waals surface area contributed by atoms with Crippen LogP contribution in [-0.4, -0.2) is 51.9 Å². The summed E-state index contributed by atoms with van der Waals surface area (Å²) >= 11 is 1.91. The van der Waals surface area contributed by atoms with E-state index in [1.807, 2.05) is 17.5 Å². The molecule has 0 bridgehead atoms. The van der Waals surface area contributed by atoms with Crippen molar-refractivity contribution in [2.24, 2.45) is 5.41 Å². The maximum absolute atomic E-state index is 12.4. The number of imidazole rings is 1. The Morgan fingerprint density at radius 3 is 2.81 bits per heavy atom. The van der Waals surface area contributed by atoms with Crippen LogP contribution in [0.2, 0.25) is 0 Å². The molecule has 2 aromatic rings. The minimum atomic E-state index is 0.326. The SMILES string of the molecule is Cc1ccc(CN2CCC3(CCC(=O)N(CCc4cnc[nH]4)C3)CC2)s1. The highest BCUT2D eigenvalue weighted by Crippen LogP contribution is 2.40. The Kier molecular flexibility index (Phi) is 5.14. The second-order valence-corrected chi connectivity index (χ2v) is 9.30. The zero-order valence-electron chi connectivity index (χ0n) is 15.5. The number of aromatic nitrogens is 2. The van der Waals surface area contributed by atoms with Gasteiger partial charge in [-0.1, -0.05) is 0 Å². The normalized spacial score (nSPS) is 20.8. The summed E-state index contributed by atoms with van der Waals surface area (Å²) < 4.78 is 0. The molecule has 2 aromatic heterocycles. The average Bonchev–Trinajstić information content (AvgIpc) is 3.30. The van der Waals surface area contributed by atoms with Crippen LogP contribution in [0.5, 0.6) is 0 Å². The van der Waals surface area contributed by atoms with Crippen molar-refractivity contribution in [1.82, 2.24) is 19.8 Å². The van der Waals surface area contributed by atoms with E-state index in [4.69, 9.17) is 0 Å². The molecule has 0 unspecified atom stereocenters. The van der Waals surface area contributed by atoms with Gasteiger partial charge in [-0.3, -0.25) is 9.69 Å². The van der Waals surface area contributed by atoms with Crippen LogP contribution in [0.1, 0.15) is 41.1 Å². The minimum Gasteiger partial charge on any atom is -0.348 e. The summed E-state index contributed by atoms with van der Waals surface area (Å²) in [6, 6.07) is 4.48. The maximum Gasteiger partial charge on any atom is 0.222 e. The standard InChI is InChI=1S/C20H28N4OS/c1-16-2-3-18(26-16)13-23-10-7-20(8-11-23)6-4-19(25)24(14-20)9-5-17-12-21-15-22-17/h2-3,12,15H,4-11,13-14H2,1H3,(H,21,22). The fraction of sp³-hybridized carbons (Fsp3) is 0.600. The highest BCUT2D eigenvalue weighted by molar-refractivity contribution is 7.11. The first-order valence-corrected chi connectivity index (χ1v) is 10.5. The van der Waals surface area contributed by atoms with E-state index in [-0.39, 0.29) is 0 Å². The second kappa shape index (κ2) is 7.53. The predicted octanol–water partition coefficient (Wildman–Crippen LogP) is 3.23. The van der Waals surface area contributed by atoms with E-state index in [1.165, 1.54) is 22.6 Å². The van der Waals surface area contributed by atoms with Gasteiger partial charge in [0.25, 0.3) is 0 Å². The number of carbonyl (C=O) groups excluding carboxylic acids is 1. The number of carbonyl (C=O) groups is 1. The molecule has 0 atom stereocenters. The summed E-state index contributed by atoms with van der Waals surface area (Å²) in [4.78, 5) is 27.1. The first-order chi connectivity index (χ1) is 12.6. The van der Waals surface area contributed by atoms with Crippen molar-refractivity contribution < 1.29 is 4.79 Å². The van der Waals surface area contributed by atoms with Crippen LogP contribution in [0, 0.1) is 12.3 Å². The van der Waals surface area contributed by atoms with Crippen molar-refractivity contribution >= 4 is 17.2 Å². The monoisotopic (exact) mass is 372 g/mol. The molecule has 0 aliphatic carbocycles. The highest BCUT2D eigenvalue weighted by Gasteiger charge is 2.40. The number of aryl methyl sites for hydroxylation is 1. The molecule has 1 N–H and O–H groups in total. The van der Waals surface area contributed by atoms with E-state index in [0.29, 0.717) is 17.7 Å². The highest BCUT2D eigenvalue weighted by atomic mass is 32.1. The number of nitrogens with zero attached hydrogens (tertiary/aromatic N) is 3. The van der Waals surface area contributed by atoms with Gasteiger partial charge >= 0.3 is 0 Å². The Hall–Kier alpha value is -1.66. The third kappa shape index (κ3) is 4.01. The lowest BCUT2D eigenvalue weighted by Gasteiger charge is -2.47. The number of thiophene rings is 1. The van der Waals surface area contributed by atoms with Gasteiger partial charge in [0, 0.05) is 54.1 Å². The number of hydrogen-bond donors (Lipinski definition) is 1. The minimum absolute atomic E-state index is 0.326. The van der Waals surface area contributed by atoms with Crippen LogP contribution >= 0.6 is 11.3 Å². The molecule has 2 saturated heterocycles. The predicted molar refractivity (Wildman–Crippen MR) is 104 cm³/mol. The van der Waals surface area contributed by atoms with Gasteiger partial charge in [-0.05, 0) is 56.8 Å². The fourth-order valence-corrected chi connectivity index (χ4v) is 5.30. The van der Waals surface area contributed by atoms with E-state index in [2.05, 4.69) is 38.8 Å². The number of H-pyrrole nitrogens is 1. The molecule has 1 spiro atoms. The van der Waals surface area contributed by atoms with Gasteiger partial charge in [-0.25, -0.2) is 4.98 Å². The van der Waals surface area contributed by atoms with Gasteiger partial charge < -0.3 is 9.88 Å². The van der Waals surface area contributed by atoms with E-state index in [9.17, 15) is 4.79 Å². The van der Waals surface area contributed by atoms with Crippen LogP contribution < -0.4 is 0 Å². The number of likely N-dealkylation sites (tertiary alicyclic amines) is 2. The molecule has 0 radical (unpaired) electrons. The molecular weight excluding hydrogens is 344 g/mol. The molecule has 2 aliphatic rings. The van der Waals surface area contributed by atoms with Crippen molar-refractivity contribution in [3.05, 3.63) is 40.1 Å². The molecule has 1 amide bonds. The number of rotatable bonds is 5. The molecule has 5 nitrogen and oxygen atoms in total. The molecule has 140 valence electrons. The average molecular weight is 373 g/mol. The first-order valence-electron chi connectivity index (χ1n) is 9.65. The van der Waals surface area contributed by atoms with E-state index < -0.39 is 0 Å². The van der Waals surface area contributed by atoms with Crippen LogP contribution in [0.15, 0.2) is 24.7 Å². The smallest absolute Gasteiger partial charge is 0.222 e. The Morgan fingerprint density at radius 2 is 2.12 bits per heavy atom. The van der Waals surface area contributed by atoms with Gasteiger partial charge in [-0.15, -0.1) is 11.3 Å². The lowest BCUT2D eigenvalue weighted by atomic mass is 9.72. The number of amides is 1. The maximum atomic E-state index is 12.4. The molecule has 4 rings (SSSR count). The lowest BCUT2D eigenvalue weighted by Crippen LogP contribution is -2.51. The molecule has 2 aliphatic heterocycles. The van der Waals surface area contributed by atoms with Crippen molar-refractivity contribution in [3.8, 4) is 0 Å². The Balaban J connectivity index is 1.31. The fourth-order valence-electron chi connectivity index (χ4n) is 4.37.